The van der Waals surface area contributed by atoms with Crippen LogP contribution < -0.4 is 4.90 Å². The lowest BCUT2D eigenvalue weighted by molar-refractivity contribution is 0.632. The molecule has 8 rings (SSSR count). The Labute approximate surface area is 233 Å². The van der Waals surface area contributed by atoms with Gasteiger partial charge in [-0.1, -0.05) is 111 Å². The summed E-state index contributed by atoms with van der Waals surface area (Å²) in [5.41, 5.74) is 8.17. The molecule has 1 aromatic heterocycles. The summed E-state index contributed by atoms with van der Waals surface area (Å²) in [5.74, 6) is 0.743. The first-order chi connectivity index (χ1) is 19.6. The standard InChI is InChI=1S/C37H27N3/c1-37(2)30-15-7-9-17-33(30)40(34-18-10-8-16-31(34)37)32-22-21-29(27-13-5-6-14-28(27)32)36-38-23-25-20-19-24-11-3-4-12-26(24)35(25)39-36/h3-23H,1-2H3. The van der Waals surface area contributed by atoms with E-state index in [2.05, 4.69) is 140 Å². The molecule has 0 amide bonds. The number of hydrogen-bond donors (Lipinski definition) is 0. The van der Waals surface area contributed by atoms with Crippen LogP contribution in [0.5, 0.6) is 0 Å². The van der Waals surface area contributed by atoms with Crippen LogP contribution >= 0.6 is 0 Å². The van der Waals surface area contributed by atoms with E-state index in [1.54, 1.807) is 0 Å². The van der Waals surface area contributed by atoms with Gasteiger partial charge >= 0.3 is 0 Å². The van der Waals surface area contributed by atoms with Crippen LogP contribution in [0.4, 0.5) is 17.1 Å². The number of nitrogens with zero attached hydrogens (tertiary/aromatic N) is 3. The lowest BCUT2D eigenvalue weighted by Gasteiger charge is -2.42. The first-order valence-corrected chi connectivity index (χ1v) is 13.8. The topological polar surface area (TPSA) is 29.0 Å². The monoisotopic (exact) mass is 513 g/mol. The van der Waals surface area contributed by atoms with E-state index in [-0.39, 0.29) is 5.41 Å². The minimum absolute atomic E-state index is 0.0961. The summed E-state index contributed by atoms with van der Waals surface area (Å²) in [6, 6.07) is 43.3. The Morgan fingerprint density at radius 2 is 1.12 bits per heavy atom. The zero-order chi connectivity index (χ0) is 26.8. The molecular weight excluding hydrogens is 486 g/mol. The molecule has 0 fully saturated rings. The average molecular weight is 514 g/mol. The first-order valence-electron chi connectivity index (χ1n) is 13.8. The van der Waals surface area contributed by atoms with Gasteiger partial charge in [0.25, 0.3) is 0 Å². The summed E-state index contributed by atoms with van der Waals surface area (Å²) >= 11 is 0. The van der Waals surface area contributed by atoms with Gasteiger partial charge in [0.05, 0.1) is 22.6 Å². The highest BCUT2D eigenvalue weighted by molar-refractivity contribution is 6.08. The third-order valence-electron chi connectivity index (χ3n) is 8.49. The molecule has 0 radical (unpaired) electrons. The van der Waals surface area contributed by atoms with E-state index in [0.29, 0.717) is 0 Å². The number of fused-ring (bicyclic) bond motifs is 6. The number of para-hydroxylation sites is 2. The second-order valence-corrected chi connectivity index (χ2v) is 11.1. The van der Waals surface area contributed by atoms with Gasteiger partial charge in [0, 0.05) is 33.3 Å². The van der Waals surface area contributed by atoms with Gasteiger partial charge in [-0.25, -0.2) is 9.97 Å². The molecule has 0 atom stereocenters. The Kier molecular flexibility index (Phi) is 4.86. The Bertz CT molecular complexity index is 2060. The van der Waals surface area contributed by atoms with E-state index in [4.69, 9.17) is 9.97 Å². The minimum atomic E-state index is -0.0961. The zero-order valence-corrected chi connectivity index (χ0v) is 22.5. The van der Waals surface area contributed by atoms with E-state index in [0.717, 1.165) is 38.8 Å². The van der Waals surface area contributed by atoms with Crippen molar-refractivity contribution in [3.05, 3.63) is 139 Å². The summed E-state index contributed by atoms with van der Waals surface area (Å²) in [6.45, 7) is 4.65. The predicted molar refractivity (Wildman–Crippen MR) is 167 cm³/mol. The molecule has 190 valence electrons. The molecule has 2 heterocycles. The molecule has 3 heteroatoms. The van der Waals surface area contributed by atoms with Gasteiger partial charge in [-0.05, 0) is 46.2 Å². The molecule has 1 aliphatic heterocycles. The molecule has 6 aromatic carbocycles. The molecule has 0 N–H and O–H groups in total. The molecule has 0 aliphatic carbocycles. The van der Waals surface area contributed by atoms with E-state index >= 15 is 0 Å². The molecule has 7 aromatic rings. The molecule has 0 saturated heterocycles. The molecule has 40 heavy (non-hydrogen) atoms. The Balaban J connectivity index is 1.38. The van der Waals surface area contributed by atoms with Crippen molar-refractivity contribution in [2.75, 3.05) is 4.90 Å². The highest BCUT2D eigenvalue weighted by atomic mass is 15.2. The normalized spacial score (nSPS) is 13.9. The van der Waals surface area contributed by atoms with Crippen LogP contribution in [0.25, 0.3) is 43.8 Å². The van der Waals surface area contributed by atoms with Gasteiger partial charge in [-0.3, -0.25) is 0 Å². The Hall–Kier alpha value is -5.02. The SMILES string of the molecule is CC1(C)c2ccccc2N(c2ccc(-c3ncc4ccc5ccccc5c4n3)c3ccccc23)c2ccccc21. The summed E-state index contributed by atoms with van der Waals surface area (Å²) in [7, 11) is 0. The quantitative estimate of drug-likeness (QED) is 0.215. The van der Waals surface area contributed by atoms with Crippen LogP contribution in [0.3, 0.4) is 0 Å². The second kappa shape index (κ2) is 8.49. The zero-order valence-electron chi connectivity index (χ0n) is 22.5. The van der Waals surface area contributed by atoms with Crippen molar-refractivity contribution in [1.29, 1.82) is 0 Å². The largest absolute Gasteiger partial charge is 0.309 e. The van der Waals surface area contributed by atoms with Crippen LogP contribution in [-0.2, 0) is 5.41 Å². The molecule has 0 saturated carbocycles. The molecule has 0 bridgehead atoms. The molecule has 0 spiro atoms. The van der Waals surface area contributed by atoms with Gasteiger partial charge in [-0.2, -0.15) is 0 Å². The van der Waals surface area contributed by atoms with Gasteiger partial charge in [0.1, 0.15) is 0 Å². The van der Waals surface area contributed by atoms with Crippen molar-refractivity contribution in [3.8, 4) is 11.4 Å². The van der Waals surface area contributed by atoms with Crippen LogP contribution in [0.2, 0.25) is 0 Å². The maximum absolute atomic E-state index is 5.13. The number of aromatic nitrogens is 2. The molecule has 1 aliphatic rings. The predicted octanol–water partition coefficient (Wildman–Crippen LogP) is 9.71. The van der Waals surface area contributed by atoms with Crippen LogP contribution in [-0.4, -0.2) is 9.97 Å². The van der Waals surface area contributed by atoms with Crippen LogP contribution in [0.1, 0.15) is 25.0 Å². The summed E-state index contributed by atoms with van der Waals surface area (Å²) in [4.78, 5) is 12.4. The van der Waals surface area contributed by atoms with E-state index in [1.807, 2.05) is 6.20 Å². The number of hydrogen-bond acceptors (Lipinski definition) is 3. The van der Waals surface area contributed by atoms with Crippen molar-refractivity contribution in [1.82, 2.24) is 9.97 Å². The summed E-state index contributed by atoms with van der Waals surface area (Å²) < 4.78 is 0. The van der Waals surface area contributed by atoms with Gasteiger partial charge in [0.15, 0.2) is 5.82 Å². The summed E-state index contributed by atoms with van der Waals surface area (Å²) in [5, 5.41) is 5.69. The second-order valence-electron chi connectivity index (χ2n) is 11.1. The fourth-order valence-corrected chi connectivity index (χ4v) is 6.50. The van der Waals surface area contributed by atoms with Gasteiger partial charge < -0.3 is 4.90 Å². The fourth-order valence-electron chi connectivity index (χ4n) is 6.50. The molecular formula is C37H27N3. The van der Waals surface area contributed by atoms with E-state index < -0.39 is 0 Å². The first kappa shape index (κ1) is 22.9. The van der Waals surface area contributed by atoms with Crippen molar-refractivity contribution in [3.63, 3.8) is 0 Å². The minimum Gasteiger partial charge on any atom is -0.309 e. The molecule has 3 nitrogen and oxygen atoms in total. The highest BCUT2D eigenvalue weighted by Gasteiger charge is 2.36. The lowest BCUT2D eigenvalue weighted by atomic mass is 9.73. The maximum Gasteiger partial charge on any atom is 0.160 e. The van der Waals surface area contributed by atoms with E-state index in [9.17, 15) is 0 Å². The van der Waals surface area contributed by atoms with Crippen molar-refractivity contribution < 1.29 is 0 Å². The van der Waals surface area contributed by atoms with Crippen LogP contribution in [0, 0.1) is 0 Å². The van der Waals surface area contributed by atoms with E-state index in [1.165, 1.54) is 33.3 Å². The fraction of sp³-hybridized carbons (Fsp3) is 0.0811. The number of benzene rings is 6. The lowest BCUT2D eigenvalue weighted by Crippen LogP contribution is -2.30. The van der Waals surface area contributed by atoms with Gasteiger partial charge in [0.2, 0.25) is 0 Å². The molecule has 0 unspecified atom stereocenters. The van der Waals surface area contributed by atoms with Crippen LogP contribution in [0.15, 0.2) is 128 Å². The smallest absolute Gasteiger partial charge is 0.160 e. The highest BCUT2D eigenvalue weighted by Crippen LogP contribution is 2.53. The Morgan fingerprint density at radius 3 is 1.88 bits per heavy atom. The average Bonchev–Trinajstić information content (AvgIpc) is 3.01. The number of rotatable bonds is 2. The third kappa shape index (κ3) is 3.24. The number of anilines is 3. The van der Waals surface area contributed by atoms with Crippen molar-refractivity contribution in [2.45, 2.75) is 19.3 Å². The van der Waals surface area contributed by atoms with Crippen molar-refractivity contribution in [2.24, 2.45) is 0 Å². The van der Waals surface area contributed by atoms with Crippen molar-refractivity contribution >= 4 is 49.5 Å². The van der Waals surface area contributed by atoms with Gasteiger partial charge in [-0.15, -0.1) is 0 Å². The Morgan fingerprint density at radius 1 is 0.525 bits per heavy atom. The third-order valence-corrected chi connectivity index (χ3v) is 8.49. The summed E-state index contributed by atoms with van der Waals surface area (Å²) in [6.07, 6.45) is 1.95. The maximum atomic E-state index is 5.13.